The Bertz CT molecular complexity index is 413. The number of nitrogens with zero attached hydrogens (tertiary/aromatic N) is 1. The van der Waals surface area contributed by atoms with E-state index < -0.39 is 0 Å². The number of hydrogen-bond acceptors (Lipinski definition) is 3. The fraction of sp³-hybridized carbons (Fsp3) is 0.625. The van der Waals surface area contributed by atoms with Crippen LogP contribution < -0.4 is 10.6 Å². The predicted octanol–water partition coefficient (Wildman–Crippen LogP) is 2.49. The van der Waals surface area contributed by atoms with Crippen LogP contribution >= 0.6 is 0 Å². The van der Waals surface area contributed by atoms with Crippen molar-refractivity contribution in [3.8, 4) is 0 Å². The Morgan fingerprint density at radius 2 is 2.21 bits per heavy atom. The molecule has 1 aromatic carbocycles. The van der Waals surface area contributed by atoms with E-state index in [1.807, 2.05) is 0 Å². The third kappa shape index (κ3) is 3.28. The van der Waals surface area contributed by atoms with E-state index in [9.17, 15) is 0 Å². The van der Waals surface area contributed by atoms with Crippen LogP contribution in [0.2, 0.25) is 0 Å². The highest BCUT2D eigenvalue weighted by Crippen LogP contribution is 2.27. The van der Waals surface area contributed by atoms with Crippen molar-refractivity contribution < 1.29 is 4.74 Å². The molecule has 0 spiro atoms. The summed E-state index contributed by atoms with van der Waals surface area (Å²) in [6.07, 6.45) is 2.37. The molecule has 2 N–H and O–H groups in total. The molecule has 3 nitrogen and oxygen atoms in total. The normalized spacial score (nSPS) is 21.2. The van der Waals surface area contributed by atoms with Gasteiger partial charge in [0, 0.05) is 37.8 Å². The number of ether oxygens (including phenoxy) is 1. The summed E-state index contributed by atoms with van der Waals surface area (Å²) in [7, 11) is 2.16. The van der Waals surface area contributed by atoms with Gasteiger partial charge in [0.1, 0.15) is 0 Å². The van der Waals surface area contributed by atoms with Gasteiger partial charge in [-0.25, -0.2) is 0 Å². The van der Waals surface area contributed by atoms with E-state index in [0.717, 1.165) is 19.6 Å². The second kappa shape index (κ2) is 6.40. The summed E-state index contributed by atoms with van der Waals surface area (Å²) in [6, 6.07) is 6.97. The SMILES string of the molecule is Cc1ccc(N(C)C(CN)C2CCCOC2)c(C)c1. The molecule has 0 aromatic heterocycles. The van der Waals surface area contributed by atoms with E-state index in [2.05, 4.69) is 44.0 Å². The van der Waals surface area contributed by atoms with E-state index in [4.69, 9.17) is 10.5 Å². The second-order valence-corrected chi connectivity index (χ2v) is 5.68. The van der Waals surface area contributed by atoms with E-state index in [-0.39, 0.29) is 0 Å². The predicted molar refractivity (Wildman–Crippen MR) is 80.7 cm³/mol. The van der Waals surface area contributed by atoms with Crippen molar-refractivity contribution in [1.29, 1.82) is 0 Å². The van der Waals surface area contributed by atoms with E-state index in [0.29, 0.717) is 18.5 Å². The second-order valence-electron chi connectivity index (χ2n) is 5.68. The van der Waals surface area contributed by atoms with Gasteiger partial charge >= 0.3 is 0 Å². The Morgan fingerprint density at radius 1 is 1.42 bits per heavy atom. The minimum Gasteiger partial charge on any atom is -0.381 e. The van der Waals surface area contributed by atoms with Crippen LogP contribution in [0.3, 0.4) is 0 Å². The molecule has 1 heterocycles. The van der Waals surface area contributed by atoms with Crippen LogP contribution in [0.15, 0.2) is 18.2 Å². The van der Waals surface area contributed by atoms with Gasteiger partial charge in [-0.3, -0.25) is 0 Å². The number of benzene rings is 1. The first-order valence-electron chi connectivity index (χ1n) is 7.21. The first kappa shape index (κ1) is 14.4. The third-order valence-corrected chi connectivity index (χ3v) is 4.21. The number of rotatable bonds is 4. The molecule has 0 aliphatic carbocycles. The zero-order valence-electron chi connectivity index (χ0n) is 12.4. The van der Waals surface area contributed by atoms with Crippen LogP contribution in [0.25, 0.3) is 0 Å². The summed E-state index contributed by atoms with van der Waals surface area (Å²) in [4.78, 5) is 2.34. The molecule has 0 saturated carbocycles. The van der Waals surface area contributed by atoms with Crippen molar-refractivity contribution >= 4 is 5.69 Å². The highest BCUT2D eigenvalue weighted by Gasteiger charge is 2.27. The summed E-state index contributed by atoms with van der Waals surface area (Å²) in [6.45, 7) is 6.73. The molecule has 2 unspecified atom stereocenters. The van der Waals surface area contributed by atoms with Crippen molar-refractivity contribution in [2.24, 2.45) is 11.7 Å². The molecule has 1 fully saturated rings. The lowest BCUT2D eigenvalue weighted by molar-refractivity contribution is 0.0453. The van der Waals surface area contributed by atoms with E-state index in [1.165, 1.54) is 23.2 Å². The number of hydrogen-bond donors (Lipinski definition) is 1. The van der Waals surface area contributed by atoms with Gasteiger partial charge in [-0.05, 0) is 38.3 Å². The van der Waals surface area contributed by atoms with Gasteiger partial charge in [0.15, 0.2) is 0 Å². The molecule has 2 rings (SSSR count). The maximum atomic E-state index is 6.02. The molecule has 0 radical (unpaired) electrons. The van der Waals surface area contributed by atoms with Crippen LogP contribution in [-0.2, 0) is 4.74 Å². The minimum absolute atomic E-state index is 0.363. The quantitative estimate of drug-likeness (QED) is 0.906. The molecule has 1 saturated heterocycles. The van der Waals surface area contributed by atoms with Crippen LogP contribution in [-0.4, -0.2) is 32.8 Å². The average Bonchev–Trinajstić information content (AvgIpc) is 2.40. The van der Waals surface area contributed by atoms with Gasteiger partial charge in [-0.2, -0.15) is 0 Å². The smallest absolute Gasteiger partial charge is 0.0514 e. The number of aryl methyl sites for hydroxylation is 2. The third-order valence-electron chi connectivity index (χ3n) is 4.21. The van der Waals surface area contributed by atoms with E-state index >= 15 is 0 Å². The molecule has 2 atom stereocenters. The van der Waals surface area contributed by atoms with Gasteiger partial charge < -0.3 is 15.4 Å². The maximum Gasteiger partial charge on any atom is 0.0514 e. The Balaban J connectivity index is 2.17. The molecule has 0 bridgehead atoms. The molecule has 1 aliphatic rings. The zero-order valence-corrected chi connectivity index (χ0v) is 12.4. The minimum atomic E-state index is 0.363. The summed E-state index contributed by atoms with van der Waals surface area (Å²) in [5, 5.41) is 0. The first-order chi connectivity index (χ1) is 9.13. The summed E-state index contributed by atoms with van der Waals surface area (Å²) < 4.78 is 5.62. The van der Waals surface area contributed by atoms with Crippen molar-refractivity contribution in [3.05, 3.63) is 29.3 Å². The fourth-order valence-electron chi connectivity index (χ4n) is 3.12. The number of anilines is 1. The Labute approximate surface area is 116 Å². The Morgan fingerprint density at radius 3 is 2.79 bits per heavy atom. The molecule has 1 aromatic rings. The van der Waals surface area contributed by atoms with Gasteiger partial charge in [-0.15, -0.1) is 0 Å². The summed E-state index contributed by atoms with van der Waals surface area (Å²) >= 11 is 0. The van der Waals surface area contributed by atoms with E-state index in [1.54, 1.807) is 0 Å². The molecular formula is C16H26N2O. The van der Waals surface area contributed by atoms with Gasteiger partial charge in [-0.1, -0.05) is 17.7 Å². The van der Waals surface area contributed by atoms with Crippen molar-refractivity contribution in [2.75, 3.05) is 31.7 Å². The van der Waals surface area contributed by atoms with Crippen LogP contribution in [0, 0.1) is 19.8 Å². The lowest BCUT2D eigenvalue weighted by atomic mass is 9.92. The lowest BCUT2D eigenvalue weighted by Crippen LogP contribution is -2.46. The van der Waals surface area contributed by atoms with Crippen LogP contribution in [0.5, 0.6) is 0 Å². The van der Waals surface area contributed by atoms with Crippen molar-refractivity contribution in [1.82, 2.24) is 0 Å². The zero-order chi connectivity index (χ0) is 13.8. The standard InChI is InChI=1S/C16H26N2O/c1-12-6-7-15(13(2)9-12)18(3)16(10-17)14-5-4-8-19-11-14/h6-7,9,14,16H,4-5,8,10-11,17H2,1-3H3. The van der Waals surface area contributed by atoms with Crippen molar-refractivity contribution in [3.63, 3.8) is 0 Å². The maximum absolute atomic E-state index is 6.02. The lowest BCUT2D eigenvalue weighted by Gasteiger charge is -2.37. The van der Waals surface area contributed by atoms with Crippen LogP contribution in [0.4, 0.5) is 5.69 Å². The summed E-state index contributed by atoms with van der Waals surface area (Å²) in [5.74, 6) is 0.546. The van der Waals surface area contributed by atoms with Gasteiger partial charge in [0.05, 0.1) is 6.61 Å². The van der Waals surface area contributed by atoms with Crippen LogP contribution in [0.1, 0.15) is 24.0 Å². The highest BCUT2D eigenvalue weighted by atomic mass is 16.5. The molecular weight excluding hydrogens is 236 g/mol. The van der Waals surface area contributed by atoms with Gasteiger partial charge in [0.2, 0.25) is 0 Å². The fourth-order valence-corrected chi connectivity index (χ4v) is 3.12. The first-order valence-corrected chi connectivity index (χ1v) is 7.21. The summed E-state index contributed by atoms with van der Waals surface area (Å²) in [5.41, 5.74) is 9.93. The van der Waals surface area contributed by atoms with Gasteiger partial charge in [0.25, 0.3) is 0 Å². The largest absolute Gasteiger partial charge is 0.381 e. The topological polar surface area (TPSA) is 38.5 Å². The number of likely N-dealkylation sites (N-methyl/N-ethyl adjacent to an activating group) is 1. The van der Waals surface area contributed by atoms with Crippen molar-refractivity contribution in [2.45, 2.75) is 32.7 Å². The molecule has 106 valence electrons. The molecule has 1 aliphatic heterocycles. The molecule has 0 amide bonds. The highest BCUT2D eigenvalue weighted by molar-refractivity contribution is 5.54. The monoisotopic (exact) mass is 262 g/mol. The average molecular weight is 262 g/mol. The number of nitrogens with two attached hydrogens (primary N) is 1. The Hall–Kier alpha value is -1.06. The molecule has 19 heavy (non-hydrogen) atoms. The Kier molecular flexibility index (Phi) is 4.83. The molecule has 3 heteroatoms.